The van der Waals surface area contributed by atoms with Gasteiger partial charge in [-0.2, -0.15) is 4.98 Å². The zero-order valence-corrected chi connectivity index (χ0v) is 14.0. The predicted molar refractivity (Wildman–Crippen MR) is 86.0 cm³/mol. The first kappa shape index (κ1) is 15.0. The number of hydrogen-bond donors (Lipinski definition) is 1. The van der Waals surface area contributed by atoms with E-state index in [1.165, 1.54) is 12.8 Å². The quantitative estimate of drug-likeness (QED) is 0.781. The minimum absolute atomic E-state index is 0.481. The van der Waals surface area contributed by atoms with Crippen LogP contribution in [0.4, 0.5) is 0 Å². The summed E-state index contributed by atoms with van der Waals surface area (Å²) in [5.41, 5.74) is 6.88. The van der Waals surface area contributed by atoms with E-state index >= 15 is 0 Å². The molecule has 112 valence electrons. The molecule has 1 aliphatic rings. The van der Waals surface area contributed by atoms with Crippen molar-refractivity contribution in [2.24, 2.45) is 5.73 Å². The van der Waals surface area contributed by atoms with Crippen LogP contribution in [0.25, 0.3) is 11.4 Å². The Labute approximate surface area is 137 Å². The van der Waals surface area contributed by atoms with Crippen LogP contribution in [0.5, 0.6) is 0 Å². The first-order valence-electron chi connectivity index (χ1n) is 7.17. The molecule has 0 radical (unpaired) electrons. The van der Waals surface area contributed by atoms with Crippen LogP contribution in [0.15, 0.2) is 27.2 Å². The van der Waals surface area contributed by atoms with Crippen molar-refractivity contribution in [2.75, 3.05) is 0 Å². The van der Waals surface area contributed by atoms with Gasteiger partial charge in [0.05, 0.1) is 10.6 Å². The van der Waals surface area contributed by atoms with Gasteiger partial charge in [-0.1, -0.05) is 42.4 Å². The Morgan fingerprint density at radius 1 is 1.19 bits per heavy atom. The van der Waals surface area contributed by atoms with Gasteiger partial charge in [0.25, 0.3) is 0 Å². The molecule has 1 aromatic heterocycles. The highest BCUT2D eigenvalue weighted by molar-refractivity contribution is 9.10. The summed E-state index contributed by atoms with van der Waals surface area (Å²) in [6.45, 7) is 0. The maximum atomic E-state index is 6.50. The van der Waals surface area contributed by atoms with Gasteiger partial charge in [-0.3, -0.25) is 0 Å². The van der Waals surface area contributed by atoms with Gasteiger partial charge in [0.15, 0.2) is 0 Å². The van der Waals surface area contributed by atoms with E-state index in [1.54, 1.807) is 6.07 Å². The van der Waals surface area contributed by atoms with Crippen molar-refractivity contribution in [2.45, 2.75) is 44.1 Å². The van der Waals surface area contributed by atoms with E-state index in [4.69, 9.17) is 21.9 Å². The molecule has 0 saturated heterocycles. The monoisotopic (exact) mass is 369 g/mol. The second-order valence-electron chi connectivity index (χ2n) is 5.62. The van der Waals surface area contributed by atoms with Crippen LogP contribution in [-0.4, -0.2) is 10.1 Å². The average Bonchev–Trinajstić information content (AvgIpc) is 2.86. The molecule has 4 nitrogen and oxygen atoms in total. The van der Waals surface area contributed by atoms with Crippen molar-refractivity contribution in [3.8, 4) is 11.4 Å². The Morgan fingerprint density at radius 2 is 1.90 bits per heavy atom. The maximum absolute atomic E-state index is 6.50. The SMILES string of the molecule is NC1(c2nc(-c3ccc(Cl)c(Br)c3)no2)CCCCCC1. The fourth-order valence-electron chi connectivity index (χ4n) is 2.75. The van der Waals surface area contributed by atoms with E-state index in [-0.39, 0.29) is 0 Å². The number of nitrogens with two attached hydrogens (primary N) is 1. The third kappa shape index (κ3) is 3.15. The van der Waals surface area contributed by atoms with Gasteiger partial charge in [-0.15, -0.1) is 0 Å². The van der Waals surface area contributed by atoms with Crippen molar-refractivity contribution in [3.63, 3.8) is 0 Å². The molecule has 0 unspecified atom stereocenters. The van der Waals surface area contributed by atoms with Crippen molar-refractivity contribution in [1.29, 1.82) is 0 Å². The zero-order chi connectivity index (χ0) is 14.9. The zero-order valence-electron chi connectivity index (χ0n) is 11.6. The molecule has 0 atom stereocenters. The summed E-state index contributed by atoms with van der Waals surface area (Å²) in [4.78, 5) is 4.52. The number of nitrogens with zero attached hydrogens (tertiary/aromatic N) is 2. The summed E-state index contributed by atoms with van der Waals surface area (Å²) in [5.74, 6) is 1.10. The van der Waals surface area contributed by atoms with Crippen LogP contribution < -0.4 is 5.73 Å². The summed E-state index contributed by atoms with van der Waals surface area (Å²) in [6.07, 6.45) is 6.48. The first-order chi connectivity index (χ1) is 10.1. The van der Waals surface area contributed by atoms with Crippen molar-refractivity contribution >= 4 is 27.5 Å². The molecule has 0 amide bonds. The lowest BCUT2D eigenvalue weighted by Crippen LogP contribution is -2.36. The second-order valence-corrected chi connectivity index (χ2v) is 6.88. The fourth-order valence-corrected chi connectivity index (χ4v) is 3.25. The predicted octanol–water partition coefficient (Wildman–Crippen LogP) is 4.66. The molecule has 1 heterocycles. The molecular weight excluding hydrogens is 354 g/mol. The minimum Gasteiger partial charge on any atom is -0.337 e. The molecule has 2 aromatic rings. The Balaban J connectivity index is 1.90. The Morgan fingerprint density at radius 3 is 2.57 bits per heavy atom. The molecule has 6 heteroatoms. The van der Waals surface area contributed by atoms with E-state index < -0.39 is 5.54 Å². The summed E-state index contributed by atoms with van der Waals surface area (Å²) in [7, 11) is 0. The second kappa shape index (κ2) is 6.07. The minimum atomic E-state index is -0.481. The number of rotatable bonds is 2. The molecule has 1 aromatic carbocycles. The summed E-state index contributed by atoms with van der Waals surface area (Å²) < 4.78 is 6.26. The van der Waals surface area contributed by atoms with E-state index in [0.717, 1.165) is 35.7 Å². The Hall–Kier alpha value is -0.910. The topological polar surface area (TPSA) is 64.9 Å². The van der Waals surface area contributed by atoms with Crippen LogP contribution in [0.2, 0.25) is 5.02 Å². The number of benzene rings is 1. The highest BCUT2D eigenvalue weighted by Gasteiger charge is 2.34. The normalized spacial score (nSPS) is 18.4. The van der Waals surface area contributed by atoms with E-state index in [2.05, 4.69) is 26.1 Å². The number of hydrogen-bond acceptors (Lipinski definition) is 4. The van der Waals surface area contributed by atoms with Gasteiger partial charge >= 0.3 is 0 Å². The molecule has 1 aliphatic carbocycles. The molecule has 1 fully saturated rings. The lowest BCUT2D eigenvalue weighted by Gasteiger charge is -2.22. The molecule has 2 N–H and O–H groups in total. The molecule has 0 aliphatic heterocycles. The van der Waals surface area contributed by atoms with Gasteiger partial charge < -0.3 is 10.3 Å². The maximum Gasteiger partial charge on any atom is 0.247 e. The lowest BCUT2D eigenvalue weighted by molar-refractivity contribution is 0.257. The van der Waals surface area contributed by atoms with Crippen molar-refractivity contribution in [1.82, 2.24) is 10.1 Å². The van der Waals surface area contributed by atoms with Crippen LogP contribution >= 0.6 is 27.5 Å². The fraction of sp³-hybridized carbons (Fsp3) is 0.467. The highest BCUT2D eigenvalue weighted by atomic mass is 79.9. The van der Waals surface area contributed by atoms with E-state index in [0.29, 0.717) is 16.7 Å². The molecule has 0 spiro atoms. The molecule has 21 heavy (non-hydrogen) atoms. The van der Waals surface area contributed by atoms with Crippen molar-refractivity contribution in [3.05, 3.63) is 33.6 Å². The molecule has 0 bridgehead atoms. The summed E-state index contributed by atoms with van der Waals surface area (Å²) in [5, 5.41) is 4.73. The summed E-state index contributed by atoms with van der Waals surface area (Å²) in [6, 6.07) is 5.56. The van der Waals surface area contributed by atoms with Gasteiger partial charge in [0.1, 0.15) is 0 Å². The summed E-state index contributed by atoms with van der Waals surface area (Å²) >= 11 is 9.41. The van der Waals surface area contributed by atoms with E-state index in [1.807, 2.05) is 12.1 Å². The van der Waals surface area contributed by atoms with Crippen LogP contribution in [-0.2, 0) is 5.54 Å². The smallest absolute Gasteiger partial charge is 0.247 e. The molecular formula is C15H17BrClN3O. The third-order valence-electron chi connectivity index (χ3n) is 4.03. The van der Waals surface area contributed by atoms with Gasteiger partial charge in [-0.05, 0) is 47.0 Å². The lowest BCUT2D eigenvalue weighted by atomic mass is 9.91. The van der Waals surface area contributed by atoms with Gasteiger partial charge in [-0.25, -0.2) is 0 Å². The van der Waals surface area contributed by atoms with Crippen LogP contribution in [0.1, 0.15) is 44.4 Å². The van der Waals surface area contributed by atoms with Crippen LogP contribution in [0, 0.1) is 0 Å². The number of aromatic nitrogens is 2. The van der Waals surface area contributed by atoms with Gasteiger partial charge in [0.2, 0.25) is 11.7 Å². The van der Waals surface area contributed by atoms with Crippen LogP contribution in [0.3, 0.4) is 0 Å². The Kier molecular flexibility index (Phi) is 4.33. The third-order valence-corrected chi connectivity index (χ3v) is 5.24. The van der Waals surface area contributed by atoms with Gasteiger partial charge in [0, 0.05) is 10.0 Å². The average molecular weight is 371 g/mol. The highest BCUT2D eigenvalue weighted by Crippen LogP contribution is 2.34. The largest absolute Gasteiger partial charge is 0.337 e. The van der Waals surface area contributed by atoms with Crippen molar-refractivity contribution < 1.29 is 4.52 Å². The molecule has 1 saturated carbocycles. The van der Waals surface area contributed by atoms with E-state index in [9.17, 15) is 0 Å². The molecule has 3 rings (SSSR count). The standard InChI is InChI=1S/C15H17BrClN3O/c16-11-9-10(5-6-12(11)17)13-19-14(21-20-13)15(18)7-3-1-2-4-8-15/h5-6,9H,1-4,7-8,18H2. The Bertz CT molecular complexity index is 636. The first-order valence-corrected chi connectivity index (χ1v) is 8.34. The number of halogens is 2.